The van der Waals surface area contributed by atoms with Crippen LogP contribution in [-0.4, -0.2) is 36.4 Å². The molecule has 2 atom stereocenters. The van der Waals surface area contributed by atoms with Crippen LogP contribution < -0.4 is 0 Å². The molecule has 0 aromatic heterocycles. The minimum atomic E-state index is -0.416. The average Bonchev–Trinajstić information content (AvgIpc) is 2.82. The number of carbonyl (C=O) groups excluding carboxylic acids is 2. The van der Waals surface area contributed by atoms with Crippen LogP contribution in [-0.2, 0) is 19.1 Å². The molecule has 0 aromatic carbocycles. The summed E-state index contributed by atoms with van der Waals surface area (Å²) in [5.41, 5.74) is 2.66. The third-order valence-electron chi connectivity index (χ3n) is 4.38. The molecule has 0 saturated carbocycles. The van der Waals surface area contributed by atoms with E-state index in [9.17, 15) is 14.7 Å². The van der Waals surface area contributed by atoms with E-state index in [4.69, 9.17) is 9.47 Å². The van der Waals surface area contributed by atoms with Gasteiger partial charge < -0.3 is 14.6 Å². The van der Waals surface area contributed by atoms with E-state index in [2.05, 4.69) is 13.2 Å². The minimum Gasteiger partial charge on any atom is -0.458 e. The normalized spacial score (nSPS) is 28.8. The first kappa shape index (κ1) is 18.2. The van der Waals surface area contributed by atoms with Crippen molar-refractivity contribution in [3.05, 3.63) is 47.6 Å². The smallest absolute Gasteiger partial charge is 0.334 e. The van der Waals surface area contributed by atoms with Crippen molar-refractivity contribution in [2.75, 3.05) is 13.2 Å². The van der Waals surface area contributed by atoms with E-state index in [1.807, 2.05) is 12.2 Å². The van der Waals surface area contributed by atoms with Crippen LogP contribution >= 0.6 is 0 Å². The second kappa shape index (κ2) is 8.11. The molecule has 5 heteroatoms. The van der Waals surface area contributed by atoms with Gasteiger partial charge in [-0.1, -0.05) is 25.3 Å². The quantitative estimate of drug-likeness (QED) is 0.487. The van der Waals surface area contributed by atoms with E-state index in [1.165, 1.54) is 0 Å². The predicted molar refractivity (Wildman–Crippen MR) is 90.0 cm³/mol. The zero-order chi connectivity index (χ0) is 17.7. The number of allylic oxidation sites excluding steroid dienone is 2. The molecular formula is C19H24O5. The van der Waals surface area contributed by atoms with E-state index < -0.39 is 5.97 Å². The van der Waals surface area contributed by atoms with Crippen molar-refractivity contribution in [1.29, 1.82) is 0 Å². The number of hydrogen-bond acceptors (Lipinski definition) is 5. The van der Waals surface area contributed by atoms with E-state index in [1.54, 1.807) is 6.92 Å². The van der Waals surface area contributed by atoms with Crippen LogP contribution in [0.25, 0.3) is 0 Å². The molecule has 1 N–H and O–H groups in total. The molecule has 1 saturated heterocycles. The van der Waals surface area contributed by atoms with Gasteiger partial charge in [0.1, 0.15) is 12.7 Å². The second-order valence-electron chi connectivity index (χ2n) is 6.29. The third kappa shape index (κ3) is 4.45. The highest BCUT2D eigenvalue weighted by Gasteiger charge is 2.38. The molecule has 5 nitrogen and oxygen atoms in total. The molecule has 1 fully saturated rings. The highest BCUT2D eigenvalue weighted by Crippen LogP contribution is 2.34. The van der Waals surface area contributed by atoms with Crippen LogP contribution in [0.2, 0.25) is 0 Å². The maximum Gasteiger partial charge on any atom is 0.334 e. The van der Waals surface area contributed by atoms with Gasteiger partial charge in [0, 0.05) is 23.5 Å². The summed E-state index contributed by atoms with van der Waals surface area (Å²) in [7, 11) is 0. The van der Waals surface area contributed by atoms with Crippen molar-refractivity contribution in [1.82, 2.24) is 0 Å². The maximum absolute atomic E-state index is 11.8. The van der Waals surface area contributed by atoms with Gasteiger partial charge >= 0.3 is 11.9 Å². The van der Waals surface area contributed by atoms with Crippen LogP contribution in [0.5, 0.6) is 0 Å². The molecule has 0 aromatic rings. The number of aliphatic hydroxyl groups excluding tert-OH is 1. The molecule has 0 bridgehead atoms. The van der Waals surface area contributed by atoms with Crippen LogP contribution in [0.15, 0.2) is 47.6 Å². The SMILES string of the molecule is C=C(C)C(=O)OC/C1=C\C[C@@H]2C(=C)C(=O)O[C@H]2C/C(CO)=C\CC1. The number of esters is 2. The van der Waals surface area contributed by atoms with Gasteiger partial charge in [-0.25, -0.2) is 9.59 Å². The van der Waals surface area contributed by atoms with E-state index >= 15 is 0 Å². The molecule has 24 heavy (non-hydrogen) atoms. The van der Waals surface area contributed by atoms with Crippen molar-refractivity contribution in [3.8, 4) is 0 Å². The molecule has 1 aliphatic carbocycles. The lowest BCUT2D eigenvalue weighted by atomic mass is 9.87. The van der Waals surface area contributed by atoms with Gasteiger partial charge in [-0.15, -0.1) is 0 Å². The Morgan fingerprint density at radius 2 is 2.17 bits per heavy atom. The summed E-state index contributed by atoms with van der Waals surface area (Å²) in [4.78, 5) is 23.4. The van der Waals surface area contributed by atoms with Crippen LogP contribution in [0.1, 0.15) is 32.6 Å². The minimum absolute atomic E-state index is 0.0586. The van der Waals surface area contributed by atoms with Gasteiger partial charge in [-0.05, 0) is 37.3 Å². The summed E-state index contributed by atoms with van der Waals surface area (Å²) in [6, 6.07) is 0. The fourth-order valence-electron chi connectivity index (χ4n) is 2.89. The van der Waals surface area contributed by atoms with E-state index in [0.717, 1.165) is 24.0 Å². The Kier molecular flexibility index (Phi) is 6.15. The van der Waals surface area contributed by atoms with Crippen molar-refractivity contribution in [2.24, 2.45) is 5.92 Å². The first-order valence-corrected chi connectivity index (χ1v) is 8.11. The van der Waals surface area contributed by atoms with Gasteiger partial charge in [0.25, 0.3) is 0 Å². The summed E-state index contributed by atoms with van der Waals surface area (Å²) < 4.78 is 10.6. The van der Waals surface area contributed by atoms with Crippen molar-refractivity contribution in [3.63, 3.8) is 0 Å². The molecule has 130 valence electrons. The fourth-order valence-corrected chi connectivity index (χ4v) is 2.89. The summed E-state index contributed by atoms with van der Waals surface area (Å²) in [5, 5.41) is 9.50. The van der Waals surface area contributed by atoms with Crippen molar-refractivity contribution >= 4 is 11.9 Å². The Morgan fingerprint density at radius 1 is 1.42 bits per heavy atom. The van der Waals surface area contributed by atoms with Gasteiger partial charge in [-0.2, -0.15) is 0 Å². The summed E-state index contributed by atoms with van der Waals surface area (Å²) >= 11 is 0. The molecule has 2 aliphatic rings. The molecular weight excluding hydrogens is 308 g/mol. The third-order valence-corrected chi connectivity index (χ3v) is 4.38. The lowest BCUT2D eigenvalue weighted by Gasteiger charge is -2.19. The number of rotatable bonds is 4. The topological polar surface area (TPSA) is 72.8 Å². The summed E-state index contributed by atoms with van der Waals surface area (Å²) in [6.45, 7) is 9.15. The Hall–Kier alpha value is -2.14. The molecule has 1 aliphatic heterocycles. The first-order chi connectivity index (χ1) is 11.4. The molecule has 0 radical (unpaired) electrons. The average molecular weight is 332 g/mol. The Morgan fingerprint density at radius 3 is 2.83 bits per heavy atom. The Bertz CT molecular complexity index is 611. The highest BCUT2D eigenvalue weighted by molar-refractivity contribution is 5.90. The van der Waals surface area contributed by atoms with Gasteiger partial charge in [0.05, 0.1) is 6.61 Å². The summed E-state index contributed by atoms with van der Waals surface area (Å²) in [6.07, 6.45) is 6.27. The van der Waals surface area contributed by atoms with Crippen molar-refractivity contribution in [2.45, 2.75) is 38.7 Å². The molecule has 0 unspecified atom stereocenters. The molecule has 0 amide bonds. The standard InChI is InChI=1S/C19H24O5/c1-12(2)18(21)23-11-14-5-4-6-15(10-20)9-17-16(8-7-14)13(3)19(22)24-17/h6-7,16-17,20H,1,3-5,8-11H2,2H3/b14-7-,15-6+/t16-,17+/m1/s1. The van der Waals surface area contributed by atoms with Crippen LogP contribution in [0, 0.1) is 5.92 Å². The lowest BCUT2D eigenvalue weighted by Crippen LogP contribution is -2.19. The van der Waals surface area contributed by atoms with E-state index in [0.29, 0.717) is 24.0 Å². The Balaban J connectivity index is 2.15. The number of ether oxygens (including phenoxy) is 2. The number of fused-ring (bicyclic) bond motifs is 1. The van der Waals surface area contributed by atoms with Gasteiger partial charge in [0.15, 0.2) is 0 Å². The fraction of sp³-hybridized carbons (Fsp3) is 0.474. The first-order valence-electron chi connectivity index (χ1n) is 8.11. The molecule has 2 rings (SSSR count). The number of carbonyl (C=O) groups is 2. The van der Waals surface area contributed by atoms with Gasteiger partial charge in [-0.3, -0.25) is 0 Å². The summed E-state index contributed by atoms with van der Waals surface area (Å²) in [5.74, 6) is -0.899. The van der Waals surface area contributed by atoms with Crippen LogP contribution in [0.3, 0.4) is 0 Å². The predicted octanol–water partition coefficient (Wildman–Crippen LogP) is 2.62. The maximum atomic E-state index is 11.8. The van der Waals surface area contributed by atoms with Crippen molar-refractivity contribution < 1.29 is 24.2 Å². The lowest BCUT2D eigenvalue weighted by molar-refractivity contribution is -0.139. The highest BCUT2D eigenvalue weighted by atomic mass is 16.6. The molecule has 0 spiro atoms. The monoisotopic (exact) mass is 332 g/mol. The van der Waals surface area contributed by atoms with E-state index in [-0.39, 0.29) is 31.2 Å². The molecule has 1 heterocycles. The zero-order valence-corrected chi connectivity index (χ0v) is 14.0. The Labute approximate surface area is 142 Å². The number of aliphatic hydroxyl groups is 1. The van der Waals surface area contributed by atoms with Crippen LogP contribution in [0.4, 0.5) is 0 Å². The second-order valence-corrected chi connectivity index (χ2v) is 6.29. The largest absolute Gasteiger partial charge is 0.458 e. The van der Waals surface area contributed by atoms with Gasteiger partial charge in [0.2, 0.25) is 0 Å². The number of hydrogen-bond donors (Lipinski definition) is 1. The zero-order valence-electron chi connectivity index (χ0n) is 14.0.